The molecule has 0 radical (unpaired) electrons. The van der Waals surface area contributed by atoms with Crippen molar-refractivity contribution in [1.82, 2.24) is 19.7 Å². The summed E-state index contributed by atoms with van der Waals surface area (Å²) in [6, 6.07) is 6.72. The Morgan fingerprint density at radius 1 is 1.30 bits per heavy atom. The maximum atomic E-state index is 13.3. The molecule has 1 aromatic carbocycles. The number of aryl methyl sites for hydroxylation is 1. The van der Waals surface area contributed by atoms with Gasteiger partial charge in [-0.05, 0) is 37.3 Å². The van der Waals surface area contributed by atoms with Crippen LogP contribution in [-0.2, 0) is 11.7 Å². The molecule has 0 spiro atoms. The minimum Gasteiger partial charge on any atom is -0.382 e. The Hall–Kier alpha value is -3.01. The van der Waals surface area contributed by atoms with E-state index in [1.54, 1.807) is 16.9 Å². The predicted molar refractivity (Wildman–Crippen MR) is 106 cm³/mol. The van der Waals surface area contributed by atoms with Crippen LogP contribution in [0.5, 0.6) is 0 Å². The maximum absolute atomic E-state index is 13.3. The minimum atomic E-state index is -4.60. The van der Waals surface area contributed by atoms with Crippen molar-refractivity contribution in [2.24, 2.45) is 5.73 Å². The molecule has 1 aliphatic heterocycles. The third-order valence-corrected chi connectivity index (χ3v) is 5.39. The molecule has 0 saturated carbocycles. The van der Waals surface area contributed by atoms with Crippen LogP contribution in [0.3, 0.4) is 0 Å². The minimum absolute atomic E-state index is 0.174. The van der Waals surface area contributed by atoms with Gasteiger partial charge in [-0.1, -0.05) is 11.6 Å². The van der Waals surface area contributed by atoms with Crippen LogP contribution in [-0.4, -0.2) is 45.3 Å². The summed E-state index contributed by atoms with van der Waals surface area (Å²) in [5.74, 6) is 0. The van der Waals surface area contributed by atoms with Crippen molar-refractivity contribution < 1.29 is 18.0 Å². The van der Waals surface area contributed by atoms with E-state index >= 15 is 0 Å². The molecule has 0 bridgehead atoms. The number of carbonyl (C=O) groups excluding carboxylic acids is 1. The molecular weight excluding hydrogens is 421 g/mol. The van der Waals surface area contributed by atoms with Gasteiger partial charge in [0, 0.05) is 28.8 Å². The molecule has 2 amide bonds. The molecule has 1 saturated heterocycles. The number of benzene rings is 1. The normalized spacial score (nSPS) is 15.8. The second-order valence-electron chi connectivity index (χ2n) is 7.39. The number of aromatic nitrogens is 3. The van der Waals surface area contributed by atoms with Crippen LogP contribution in [0.1, 0.15) is 11.4 Å². The zero-order valence-electron chi connectivity index (χ0n) is 15.9. The highest BCUT2D eigenvalue weighted by atomic mass is 35.5. The summed E-state index contributed by atoms with van der Waals surface area (Å²) >= 11 is 6.05. The fourth-order valence-electron chi connectivity index (χ4n) is 3.59. The molecule has 0 unspecified atom stereocenters. The van der Waals surface area contributed by atoms with Crippen LogP contribution in [0.25, 0.3) is 10.9 Å². The van der Waals surface area contributed by atoms with Crippen LogP contribution < -0.4 is 11.1 Å². The Bertz CT molecular complexity index is 1120. The van der Waals surface area contributed by atoms with Crippen molar-refractivity contribution in [3.63, 3.8) is 0 Å². The lowest BCUT2D eigenvalue weighted by Gasteiger charge is -2.49. The number of halogens is 4. The number of rotatable bonds is 4. The van der Waals surface area contributed by atoms with E-state index in [2.05, 4.69) is 15.4 Å². The van der Waals surface area contributed by atoms with Crippen LogP contribution in [0.4, 0.5) is 23.7 Å². The lowest BCUT2D eigenvalue weighted by Crippen LogP contribution is -2.68. The molecule has 3 aromatic rings. The summed E-state index contributed by atoms with van der Waals surface area (Å²) in [6.07, 6.45) is -2.82. The van der Waals surface area contributed by atoms with E-state index in [1.165, 1.54) is 17.0 Å². The first-order chi connectivity index (χ1) is 14.1. The summed E-state index contributed by atoms with van der Waals surface area (Å²) < 4.78 is 41.8. The summed E-state index contributed by atoms with van der Waals surface area (Å²) in [5, 5.41) is 8.38. The van der Waals surface area contributed by atoms with Gasteiger partial charge in [0.15, 0.2) is 0 Å². The largest absolute Gasteiger partial charge is 0.433 e. The summed E-state index contributed by atoms with van der Waals surface area (Å²) in [6.45, 7) is 2.62. The lowest BCUT2D eigenvalue weighted by molar-refractivity contribution is -0.140. The molecule has 4 rings (SSSR count). The van der Waals surface area contributed by atoms with E-state index in [4.69, 9.17) is 17.3 Å². The number of nitrogens with two attached hydrogens (primary N) is 1. The van der Waals surface area contributed by atoms with E-state index in [0.717, 1.165) is 11.8 Å². The number of urea groups is 1. The van der Waals surface area contributed by atoms with Crippen LogP contribution in [0.15, 0.2) is 36.5 Å². The maximum Gasteiger partial charge on any atom is 0.433 e. The van der Waals surface area contributed by atoms with E-state index in [0.29, 0.717) is 10.4 Å². The van der Waals surface area contributed by atoms with Crippen molar-refractivity contribution in [3.8, 4) is 0 Å². The first-order valence-electron chi connectivity index (χ1n) is 9.06. The molecule has 0 atom stereocenters. The molecule has 158 valence electrons. The van der Waals surface area contributed by atoms with Crippen molar-refractivity contribution >= 4 is 34.2 Å². The quantitative estimate of drug-likeness (QED) is 0.651. The number of likely N-dealkylation sites (tertiary alicyclic amines) is 1. The number of pyridine rings is 1. The predicted octanol–water partition coefficient (Wildman–Crippen LogP) is 3.61. The Morgan fingerprint density at radius 3 is 2.63 bits per heavy atom. The first kappa shape index (κ1) is 20.3. The topological polar surface area (TPSA) is 89.1 Å². The second kappa shape index (κ2) is 7.05. The van der Waals surface area contributed by atoms with Crippen molar-refractivity contribution in [3.05, 3.63) is 52.9 Å². The molecule has 11 heteroatoms. The van der Waals surface area contributed by atoms with Gasteiger partial charge >= 0.3 is 12.2 Å². The van der Waals surface area contributed by atoms with Gasteiger partial charge in [0.1, 0.15) is 11.2 Å². The Labute approximate surface area is 174 Å². The van der Waals surface area contributed by atoms with E-state index < -0.39 is 23.4 Å². The number of carbonyl (C=O) groups is 1. The summed E-state index contributed by atoms with van der Waals surface area (Å²) in [4.78, 5) is 16.7. The molecule has 1 aliphatic rings. The molecule has 2 aromatic heterocycles. The number of nitrogens with zero attached hydrogens (tertiary/aromatic N) is 4. The fraction of sp³-hybridized carbons (Fsp3) is 0.316. The molecule has 3 heterocycles. The molecule has 30 heavy (non-hydrogen) atoms. The average Bonchev–Trinajstić information content (AvgIpc) is 3.06. The number of primary amides is 1. The van der Waals surface area contributed by atoms with Crippen molar-refractivity contribution in [1.29, 1.82) is 0 Å². The number of anilines is 1. The van der Waals surface area contributed by atoms with Crippen LogP contribution in [0, 0.1) is 6.92 Å². The van der Waals surface area contributed by atoms with Gasteiger partial charge in [-0.25, -0.2) is 9.78 Å². The Morgan fingerprint density at radius 2 is 2.03 bits per heavy atom. The van der Waals surface area contributed by atoms with Crippen molar-refractivity contribution in [2.75, 3.05) is 25.0 Å². The number of nitrogens with one attached hydrogen (secondary N) is 1. The summed E-state index contributed by atoms with van der Waals surface area (Å²) in [5.41, 5.74) is 4.92. The van der Waals surface area contributed by atoms with Gasteiger partial charge in [0.05, 0.1) is 24.3 Å². The second-order valence-corrected chi connectivity index (χ2v) is 7.82. The average molecular weight is 439 g/mol. The van der Waals surface area contributed by atoms with Gasteiger partial charge in [-0.2, -0.15) is 18.3 Å². The van der Waals surface area contributed by atoms with E-state index in [-0.39, 0.29) is 30.8 Å². The lowest BCUT2D eigenvalue weighted by atomic mass is 9.89. The molecule has 1 fully saturated rings. The fourth-order valence-corrected chi connectivity index (χ4v) is 3.76. The van der Waals surface area contributed by atoms with Gasteiger partial charge in [0.2, 0.25) is 0 Å². The smallest absolute Gasteiger partial charge is 0.382 e. The third kappa shape index (κ3) is 3.62. The van der Waals surface area contributed by atoms with Gasteiger partial charge in [0.25, 0.3) is 0 Å². The van der Waals surface area contributed by atoms with Gasteiger partial charge in [-0.15, -0.1) is 0 Å². The molecular formula is C19H18ClF3N6O. The van der Waals surface area contributed by atoms with Gasteiger partial charge in [-0.3, -0.25) is 4.68 Å². The molecule has 0 aliphatic carbocycles. The Kier molecular flexibility index (Phi) is 4.76. The highest BCUT2D eigenvalue weighted by Gasteiger charge is 2.47. The first-order valence-corrected chi connectivity index (χ1v) is 9.44. The van der Waals surface area contributed by atoms with E-state index in [9.17, 15) is 18.0 Å². The highest BCUT2D eigenvalue weighted by Crippen LogP contribution is 2.35. The highest BCUT2D eigenvalue weighted by molar-refractivity contribution is 6.31. The number of amides is 2. The zero-order chi connectivity index (χ0) is 21.7. The van der Waals surface area contributed by atoms with Crippen LogP contribution >= 0.6 is 11.6 Å². The zero-order valence-corrected chi connectivity index (χ0v) is 16.6. The number of fused-ring (bicyclic) bond motifs is 1. The SMILES string of the molecule is Cc1ccn(C2(CNc3cc(C(F)(F)F)nc4ccc(Cl)cc34)CN(C(N)=O)C2)n1. The monoisotopic (exact) mass is 438 g/mol. The van der Waals surface area contributed by atoms with E-state index in [1.807, 2.05) is 13.0 Å². The number of alkyl halides is 3. The molecule has 7 nitrogen and oxygen atoms in total. The van der Waals surface area contributed by atoms with Gasteiger partial charge < -0.3 is 16.0 Å². The third-order valence-electron chi connectivity index (χ3n) is 5.16. The summed E-state index contributed by atoms with van der Waals surface area (Å²) in [7, 11) is 0. The number of hydrogen-bond donors (Lipinski definition) is 2. The van der Waals surface area contributed by atoms with Crippen molar-refractivity contribution in [2.45, 2.75) is 18.6 Å². The van der Waals surface area contributed by atoms with Crippen LogP contribution in [0.2, 0.25) is 5.02 Å². The molecule has 3 N–H and O–H groups in total. The Balaban J connectivity index is 1.70. The standard InChI is InChI=1S/C19H18ClF3N6O/c1-11-4-5-29(27-11)18(9-28(10-18)17(24)30)8-25-15-7-16(19(21,22)23)26-14-3-2-12(20)6-13(14)15/h2-7H,8-10H2,1H3,(H2,24,30)(H,25,26). The number of hydrogen-bond acceptors (Lipinski definition) is 4.